The molecule has 0 fully saturated rings. The van der Waals surface area contributed by atoms with Crippen molar-refractivity contribution in [1.29, 1.82) is 0 Å². The summed E-state index contributed by atoms with van der Waals surface area (Å²) in [6, 6.07) is 29.5. The molecule has 4 rings (SSSR count). The molecule has 4 aromatic rings. The first-order valence-electron chi connectivity index (χ1n) is 15.2. The monoisotopic (exact) mass is 635 g/mol. The van der Waals surface area contributed by atoms with Crippen LogP contribution in [0, 0.1) is 0 Å². The van der Waals surface area contributed by atoms with Crippen molar-refractivity contribution in [3.8, 4) is 0 Å². The van der Waals surface area contributed by atoms with E-state index in [-0.39, 0.29) is 39.1 Å². The number of aromatic nitrogens is 1. The summed E-state index contributed by atoms with van der Waals surface area (Å²) in [6.45, 7) is 0.184. The average molecular weight is 636 g/mol. The molecule has 11 heteroatoms. The molecule has 4 amide bonds. The van der Waals surface area contributed by atoms with Crippen molar-refractivity contribution >= 4 is 29.6 Å². The van der Waals surface area contributed by atoms with E-state index in [1.165, 1.54) is 12.4 Å². The van der Waals surface area contributed by atoms with Crippen LogP contribution < -0.4 is 21.3 Å². The van der Waals surface area contributed by atoms with E-state index in [1.54, 1.807) is 36.4 Å². The van der Waals surface area contributed by atoms with Crippen LogP contribution in [0.15, 0.2) is 116 Å². The molecule has 47 heavy (non-hydrogen) atoms. The fraction of sp³-hybridized carbons (Fsp3) is 0.222. The third-order valence-electron chi connectivity index (χ3n) is 7.20. The number of nitrogens with zero attached hydrogens (tertiary/aromatic N) is 1. The molecule has 1 heterocycles. The number of ketones is 1. The molecule has 242 valence electrons. The zero-order valence-corrected chi connectivity index (χ0v) is 25.8. The number of alkyl carbamates (subject to hydrolysis) is 1. The molecule has 0 spiro atoms. The predicted molar refractivity (Wildman–Crippen MR) is 175 cm³/mol. The van der Waals surface area contributed by atoms with Crippen LogP contribution in [-0.4, -0.2) is 53.7 Å². The highest BCUT2D eigenvalue weighted by Crippen LogP contribution is 2.16. The minimum absolute atomic E-state index is 0.0251. The molecule has 0 aliphatic heterocycles. The number of rotatable bonds is 16. The maximum absolute atomic E-state index is 13.7. The van der Waals surface area contributed by atoms with E-state index >= 15 is 0 Å². The van der Waals surface area contributed by atoms with E-state index in [4.69, 9.17) is 4.74 Å². The quantitative estimate of drug-likeness (QED) is 0.138. The summed E-state index contributed by atoms with van der Waals surface area (Å²) in [5.74, 6) is -3.47. The Balaban J connectivity index is 1.36. The lowest BCUT2D eigenvalue weighted by molar-refractivity contribution is -0.140. The van der Waals surface area contributed by atoms with Gasteiger partial charge in [-0.15, -0.1) is 0 Å². The Labute approximate surface area is 273 Å². The minimum atomic E-state index is -1.16. The lowest BCUT2D eigenvalue weighted by atomic mass is 9.96. The van der Waals surface area contributed by atoms with Crippen molar-refractivity contribution in [3.05, 3.63) is 138 Å². The van der Waals surface area contributed by atoms with Gasteiger partial charge in [0.15, 0.2) is 0 Å². The highest BCUT2D eigenvalue weighted by molar-refractivity contribution is 6.38. The lowest BCUT2D eigenvalue weighted by Crippen LogP contribution is -2.50. The summed E-state index contributed by atoms with van der Waals surface area (Å²) >= 11 is 0. The van der Waals surface area contributed by atoms with Gasteiger partial charge < -0.3 is 26.0 Å². The van der Waals surface area contributed by atoms with Gasteiger partial charge in [-0.3, -0.25) is 24.2 Å². The van der Waals surface area contributed by atoms with Crippen molar-refractivity contribution in [2.24, 2.45) is 0 Å². The van der Waals surface area contributed by atoms with Gasteiger partial charge in [-0.05, 0) is 34.4 Å². The molecule has 4 N–H and O–H groups in total. The van der Waals surface area contributed by atoms with E-state index < -0.39 is 41.6 Å². The Morgan fingerprint density at radius 1 is 0.681 bits per heavy atom. The Bertz CT molecular complexity index is 1600. The molecular formula is C36H37N5O6. The standard InChI is InChI=1S/C36H37N5O6/c42-32(18-21-38-36(46)47-25-28-14-8-3-9-15-28)39-24-30(29-16-19-37-20-17-29)34(44)41-31(22-26-10-4-1-5-11-26)33(43)35(45)40-23-27-12-6-2-7-13-27/h1-17,19-20,30-31H,18,21-25H2,(H,38,46)(H,39,42)(H,40,45)(H,41,44)/t30-,31-/m0/s1. The predicted octanol–water partition coefficient (Wildman–Crippen LogP) is 3.21. The largest absolute Gasteiger partial charge is 0.445 e. The third kappa shape index (κ3) is 11.5. The summed E-state index contributed by atoms with van der Waals surface area (Å²) in [5, 5.41) is 10.7. The number of Topliss-reactive ketones (excluding diaryl/α,β-unsaturated/α-hetero) is 1. The molecule has 0 radical (unpaired) electrons. The van der Waals surface area contributed by atoms with Gasteiger partial charge in [-0.2, -0.15) is 0 Å². The van der Waals surface area contributed by atoms with Crippen LogP contribution in [0.5, 0.6) is 0 Å². The van der Waals surface area contributed by atoms with Gasteiger partial charge in [-0.1, -0.05) is 91.0 Å². The molecule has 0 bridgehead atoms. The molecule has 11 nitrogen and oxygen atoms in total. The van der Waals surface area contributed by atoms with Crippen LogP contribution in [0.25, 0.3) is 0 Å². The summed E-state index contributed by atoms with van der Waals surface area (Å²) < 4.78 is 5.15. The van der Waals surface area contributed by atoms with Crippen molar-refractivity contribution in [3.63, 3.8) is 0 Å². The maximum atomic E-state index is 13.7. The Morgan fingerprint density at radius 3 is 1.91 bits per heavy atom. The summed E-state index contributed by atoms with van der Waals surface area (Å²) in [5.41, 5.74) is 2.97. The third-order valence-corrected chi connectivity index (χ3v) is 7.20. The van der Waals surface area contributed by atoms with E-state index in [0.29, 0.717) is 5.56 Å². The molecule has 0 saturated carbocycles. The highest BCUT2D eigenvalue weighted by Gasteiger charge is 2.30. The molecule has 1 aromatic heterocycles. The Hall–Kier alpha value is -5.84. The number of benzene rings is 3. The van der Waals surface area contributed by atoms with Crippen molar-refractivity contribution in [2.75, 3.05) is 13.1 Å². The first kappa shape index (κ1) is 34.0. The second-order valence-electron chi connectivity index (χ2n) is 10.7. The van der Waals surface area contributed by atoms with E-state index in [9.17, 15) is 24.0 Å². The molecular weight excluding hydrogens is 598 g/mol. The van der Waals surface area contributed by atoms with Gasteiger partial charge in [-0.25, -0.2) is 4.79 Å². The molecule has 2 atom stereocenters. The van der Waals surface area contributed by atoms with Gasteiger partial charge in [0.05, 0.1) is 5.92 Å². The number of hydrogen-bond donors (Lipinski definition) is 4. The zero-order chi connectivity index (χ0) is 33.3. The summed E-state index contributed by atoms with van der Waals surface area (Å²) in [4.78, 5) is 68.7. The maximum Gasteiger partial charge on any atom is 0.407 e. The summed E-state index contributed by atoms with van der Waals surface area (Å²) in [6.07, 6.45) is 2.42. The number of ether oxygens (including phenoxy) is 1. The first-order chi connectivity index (χ1) is 22.9. The van der Waals surface area contributed by atoms with Crippen molar-refractivity contribution in [2.45, 2.75) is 38.0 Å². The van der Waals surface area contributed by atoms with E-state index in [0.717, 1.165) is 16.7 Å². The summed E-state index contributed by atoms with van der Waals surface area (Å²) in [7, 11) is 0. The van der Waals surface area contributed by atoms with Gasteiger partial charge in [0.25, 0.3) is 5.91 Å². The number of amides is 4. The van der Waals surface area contributed by atoms with Crippen LogP contribution in [0.4, 0.5) is 4.79 Å². The molecule has 3 aromatic carbocycles. The van der Waals surface area contributed by atoms with Gasteiger partial charge >= 0.3 is 6.09 Å². The number of carbonyl (C=O) groups is 5. The van der Waals surface area contributed by atoms with Crippen LogP contribution in [0.2, 0.25) is 0 Å². The van der Waals surface area contributed by atoms with Gasteiger partial charge in [0, 0.05) is 44.9 Å². The lowest BCUT2D eigenvalue weighted by Gasteiger charge is -2.23. The second kappa shape index (κ2) is 18.2. The van der Waals surface area contributed by atoms with E-state index in [2.05, 4.69) is 26.3 Å². The SMILES string of the molecule is O=C(CCNC(=O)OCc1ccccc1)NC[C@H](C(=O)N[C@@H](Cc1ccccc1)C(=O)C(=O)NCc1ccccc1)c1ccncc1. The first-order valence-corrected chi connectivity index (χ1v) is 15.2. The smallest absolute Gasteiger partial charge is 0.407 e. The van der Waals surface area contributed by atoms with Crippen LogP contribution >= 0.6 is 0 Å². The molecule has 0 aliphatic carbocycles. The van der Waals surface area contributed by atoms with E-state index in [1.807, 2.05) is 66.7 Å². The molecule has 0 aliphatic rings. The van der Waals surface area contributed by atoms with Crippen LogP contribution in [-0.2, 0) is 43.5 Å². The number of carbonyl (C=O) groups excluding carboxylic acids is 5. The number of pyridine rings is 1. The topological polar surface area (TPSA) is 156 Å². The van der Waals surface area contributed by atoms with Crippen LogP contribution in [0.3, 0.4) is 0 Å². The van der Waals surface area contributed by atoms with Crippen molar-refractivity contribution < 1.29 is 28.7 Å². The number of nitrogens with one attached hydrogen (secondary N) is 4. The number of hydrogen-bond acceptors (Lipinski definition) is 7. The zero-order valence-electron chi connectivity index (χ0n) is 25.8. The average Bonchev–Trinajstić information content (AvgIpc) is 3.11. The minimum Gasteiger partial charge on any atom is -0.445 e. The molecule has 0 saturated heterocycles. The van der Waals surface area contributed by atoms with Crippen LogP contribution in [0.1, 0.15) is 34.6 Å². The Kier molecular flexibility index (Phi) is 13.2. The Morgan fingerprint density at radius 2 is 1.28 bits per heavy atom. The highest BCUT2D eigenvalue weighted by atomic mass is 16.5. The molecule has 0 unspecified atom stereocenters. The van der Waals surface area contributed by atoms with Gasteiger partial charge in [0.2, 0.25) is 17.6 Å². The second-order valence-corrected chi connectivity index (χ2v) is 10.7. The fourth-order valence-electron chi connectivity index (χ4n) is 4.67. The fourth-order valence-corrected chi connectivity index (χ4v) is 4.67. The van der Waals surface area contributed by atoms with Gasteiger partial charge in [0.1, 0.15) is 12.6 Å². The normalized spacial score (nSPS) is 11.7. The van der Waals surface area contributed by atoms with Crippen molar-refractivity contribution in [1.82, 2.24) is 26.3 Å².